The van der Waals surface area contributed by atoms with Crippen LogP contribution in [0.5, 0.6) is 0 Å². The Labute approximate surface area is 244 Å². The molecule has 15 nitrogen and oxygen atoms in total. The molecule has 2 aromatic rings. The topological polar surface area (TPSA) is 203 Å². The number of benzene rings is 1. The molecule has 1 aromatic carbocycles. The Bertz CT molecular complexity index is 1500. The van der Waals surface area contributed by atoms with Gasteiger partial charge in [0.25, 0.3) is 11.5 Å². The Balaban J connectivity index is 1.28. The Kier molecular flexibility index (Phi) is 7.93. The van der Waals surface area contributed by atoms with Crippen molar-refractivity contribution in [3.63, 3.8) is 0 Å². The lowest BCUT2D eigenvalue weighted by Crippen LogP contribution is -2.53. The summed E-state index contributed by atoms with van der Waals surface area (Å²) >= 11 is 0. The minimum absolute atomic E-state index is 0.120. The number of nitrogens with zero attached hydrogens (tertiary/aromatic N) is 1. The van der Waals surface area contributed by atoms with Crippen LogP contribution in [0.15, 0.2) is 64.0 Å². The van der Waals surface area contributed by atoms with Crippen molar-refractivity contribution < 1.29 is 43.1 Å². The van der Waals surface area contributed by atoms with E-state index in [4.69, 9.17) is 34.2 Å². The first kappa shape index (κ1) is 29.2. The second-order valence-electron chi connectivity index (χ2n) is 10.8. The number of amides is 2. The summed E-state index contributed by atoms with van der Waals surface area (Å²) in [4.78, 5) is 52.1. The highest BCUT2D eigenvalue weighted by Gasteiger charge is 2.57. The zero-order chi connectivity index (χ0) is 30.3. The number of hydrogen-bond acceptors (Lipinski definition) is 11. The predicted octanol–water partition coefficient (Wildman–Crippen LogP) is -0.386. The molecule has 1 spiro atoms. The van der Waals surface area contributed by atoms with Crippen molar-refractivity contribution >= 4 is 17.5 Å². The van der Waals surface area contributed by atoms with Crippen LogP contribution in [-0.4, -0.2) is 82.3 Å². The Hall–Kier alpha value is -3.86. The number of anilines is 1. The third kappa shape index (κ3) is 5.62. The average Bonchev–Trinajstić information content (AvgIpc) is 3.68. The van der Waals surface area contributed by atoms with Gasteiger partial charge >= 0.3 is 5.69 Å². The molecule has 2 amide bonds. The second-order valence-corrected chi connectivity index (χ2v) is 10.8. The van der Waals surface area contributed by atoms with Crippen LogP contribution in [-0.2, 0) is 38.0 Å². The van der Waals surface area contributed by atoms with E-state index in [2.05, 4.69) is 10.3 Å². The van der Waals surface area contributed by atoms with Crippen LogP contribution in [0.25, 0.3) is 0 Å². The molecular weight excluding hydrogens is 568 g/mol. The number of hydrogen-bond donors (Lipinski definition) is 4. The summed E-state index contributed by atoms with van der Waals surface area (Å²) in [5.74, 6) is -2.58. The van der Waals surface area contributed by atoms with E-state index in [0.29, 0.717) is 18.5 Å². The van der Waals surface area contributed by atoms with Gasteiger partial charge in [-0.1, -0.05) is 18.2 Å². The van der Waals surface area contributed by atoms with Crippen LogP contribution in [0.4, 0.5) is 5.69 Å². The van der Waals surface area contributed by atoms with Gasteiger partial charge in [0.1, 0.15) is 24.4 Å². The first-order chi connectivity index (χ1) is 20.7. The number of rotatable bonds is 8. The lowest BCUT2D eigenvalue weighted by molar-refractivity contribution is -0.244. The Morgan fingerprint density at radius 2 is 1.91 bits per heavy atom. The lowest BCUT2D eigenvalue weighted by Gasteiger charge is -2.35. The predicted molar refractivity (Wildman–Crippen MR) is 145 cm³/mol. The molecule has 4 heterocycles. The molecular formula is C28H32N4O11. The van der Waals surface area contributed by atoms with Gasteiger partial charge in [0.05, 0.1) is 0 Å². The van der Waals surface area contributed by atoms with Gasteiger partial charge in [0, 0.05) is 37.9 Å². The minimum Gasteiger partial charge on any atom is -0.456 e. The third-order valence-corrected chi connectivity index (χ3v) is 7.98. The summed E-state index contributed by atoms with van der Waals surface area (Å²) in [6, 6.07) is 9.83. The number of ether oxygens (including phenoxy) is 6. The maximum atomic E-state index is 13.2. The number of methoxy groups -OCH3 is 1. The second kappa shape index (κ2) is 11.7. The van der Waals surface area contributed by atoms with E-state index in [9.17, 15) is 24.3 Å². The number of fused-ring (bicyclic) bond motifs is 1. The van der Waals surface area contributed by atoms with Crippen molar-refractivity contribution in [2.45, 2.75) is 80.6 Å². The number of primary amides is 1. The van der Waals surface area contributed by atoms with E-state index < -0.39 is 78.0 Å². The first-order valence-electron chi connectivity index (χ1n) is 13.9. The van der Waals surface area contributed by atoms with Crippen molar-refractivity contribution in [3.05, 3.63) is 75.3 Å². The molecule has 0 bridgehead atoms. The van der Waals surface area contributed by atoms with E-state index in [1.165, 1.54) is 13.2 Å². The molecule has 2 saturated heterocycles. The number of nitrogens with two attached hydrogens (primary N) is 1. The van der Waals surface area contributed by atoms with Crippen molar-refractivity contribution in [2.75, 3.05) is 12.4 Å². The molecule has 43 heavy (non-hydrogen) atoms. The lowest BCUT2D eigenvalue weighted by atomic mass is 10.0. The highest BCUT2D eigenvalue weighted by Crippen LogP contribution is 2.46. The Morgan fingerprint density at radius 3 is 2.58 bits per heavy atom. The van der Waals surface area contributed by atoms with E-state index in [1.807, 2.05) is 6.07 Å². The number of H-pyrrole nitrogens is 1. The molecule has 4 aliphatic rings. The first-order valence-corrected chi connectivity index (χ1v) is 13.9. The molecule has 3 fully saturated rings. The fourth-order valence-electron chi connectivity index (χ4n) is 5.98. The smallest absolute Gasteiger partial charge is 0.330 e. The van der Waals surface area contributed by atoms with E-state index in [-0.39, 0.29) is 5.76 Å². The van der Waals surface area contributed by atoms with Crippen LogP contribution in [0.2, 0.25) is 0 Å². The van der Waals surface area contributed by atoms with E-state index in [1.54, 1.807) is 24.3 Å². The monoisotopic (exact) mass is 600 g/mol. The van der Waals surface area contributed by atoms with Gasteiger partial charge < -0.3 is 44.6 Å². The largest absolute Gasteiger partial charge is 0.456 e. The molecule has 0 unspecified atom stereocenters. The van der Waals surface area contributed by atoms with Gasteiger partial charge in [-0.2, -0.15) is 0 Å². The molecule has 15 heteroatoms. The van der Waals surface area contributed by atoms with Gasteiger partial charge in [-0.15, -0.1) is 0 Å². The fraction of sp³-hybridized carbons (Fsp3) is 0.500. The molecule has 1 aromatic heterocycles. The number of para-hydroxylation sites is 1. The van der Waals surface area contributed by atoms with Gasteiger partial charge in [-0.3, -0.25) is 23.9 Å². The van der Waals surface area contributed by atoms with Crippen LogP contribution in [0.3, 0.4) is 0 Å². The van der Waals surface area contributed by atoms with Gasteiger partial charge in [0.15, 0.2) is 30.0 Å². The summed E-state index contributed by atoms with van der Waals surface area (Å²) in [7, 11) is 1.28. The van der Waals surface area contributed by atoms with Crippen LogP contribution >= 0.6 is 0 Å². The average molecular weight is 601 g/mol. The molecule has 230 valence electrons. The zero-order valence-corrected chi connectivity index (χ0v) is 23.1. The van der Waals surface area contributed by atoms with Gasteiger partial charge in [-0.25, -0.2) is 4.79 Å². The zero-order valence-electron chi connectivity index (χ0n) is 23.1. The summed E-state index contributed by atoms with van der Waals surface area (Å²) < 4.78 is 37.0. The fourth-order valence-corrected chi connectivity index (χ4v) is 5.98. The standard InChI is InChI=1S/C28H32N4O11/c1-38-20-18(34)25(32-12-9-17(33)31-27(32)37)40-21(20)22(23(29)35)41-26-19-15(42-28(43-19)10-5-6-11-28)13-16(39-26)24(36)30-14-7-3-2-4-8-14/h2-4,7-9,12-13,15,18-22,25-26,34H,5-6,10-11H2,1H3,(H2,29,35)(H,30,36)(H,31,33,37)/t15-,18+,19-,20-,21-,22+,25+,26+/m0/s1. The Morgan fingerprint density at radius 1 is 1.16 bits per heavy atom. The van der Waals surface area contributed by atoms with E-state index in [0.717, 1.165) is 29.7 Å². The van der Waals surface area contributed by atoms with Crippen molar-refractivity contribution in [1.82, 2.24) is 9.55 Å². The number of aliphatic hydroxyl groups excluding tert-OH is 1. The summed E-state index contributed by atoms with van der Waals surface area (Å²) in [6.07, 6.45) is -4.26. The maximum absolute atomic E-state index is 13.2. The molecule has 3 aliphatic heterocycles. The number of carbonyl (C=O) groups is 2. The highest BCUT2D eigenvalue weighted by atomic mass is 16.8. The number of aromatic amines is 1. The van der Waals surface area contributed by atoms with Gasteiger partial charge in [-0.05, 0) is 31.1 Å². The number of aromatic nitrogens is 2. The molecule has 1 aliphatic carbocycles. The van der Waals surface area contributed by atoms with Crippen LogP contribution in [0, 0.1) is 0 Å². The minimum atomic E-state index is -1.60. The van der Waals surface area contributed by atoms with E-state index >= 15 is 0 Å². The van der Waals surface area contributed by atoms with Crippen LogP contribution in [0.1, 0.15) is 31.9 Å². The summed E-state index contributed by atoms with van der Waals surface area (Å²) in [5, 5.41) is 13.7. The van der Waals surface area contributed by atoms with Gasteiger partial charge in [0.2, 0.25) is 12.2 Å². The maximum Gasteiger partial charge on any atom is 0.330 e. The van der Waals surface area contributed by atoms with Crippen LogP contribution < -0.4 is 22.3 Å². The number of nitrogens with one attached hydrogen (secondary N) is 2. The number of carbonyl (C=O) groups excluding carboxylic acids is 2. The summed E-state index contributed by atoms with van der Waals surface area (Å²) in [6.45, 7) is 0. The summed E-state index contributed by atoms with van der Waals surface area (Å²) in [5.41, 5.74) is 4.80. The quantitative estimate of drug-likeness (QED) is 0.307. The normalized spacial score (nSPS) is 31.7. The molecule has 0 radical (unpaired) electrons. The third-order valence-electron chi connectivity index (χ3n) is 7.98. The number of aliphatic hydroxyl groups is 1. The SMILES string of the molecule is CO[C@H]1[C@@H](O)[C@H](n2ccc(=O)[nH]c2=O)O[C@@H]1[C@@H](O[C@H]1OC(C(=O)Nc2ccccc2)=C[C@@H]2OC3(CCCC3)O[C@H]12)C(N)=O. The van der Waals surface area contributed by atoms with Crippen molar-refractivity contribution in [3.8, 4) is 0 Å². The molecule has 8 atom stereocenters. The molecule has 1 saturated carbocycles. The van der Waals surface area contributed by atoms with Crippen molar-refractivity contribution in [2.24, 2.45) is 5.73 Å². The highest BCUT2D eigenvalue weighted by molar-refractivity contribution is 6.02. The molecule has 6 rings (SSSR count). The van der Waals surface area contributed by atoms with Crippen molar-refractivity contribution in [1.29, 1.82) is 0 Å². The molecule has 5 N–H and O–H groups in total.